The first kappa shape index (κ1) is 10.9. The van der Waals surface area contributed by atoms with Gasteiger partial charge in [-0.25, -0.2) is 9.97 Å². The van der Waals surface area contributed by atoms with Crippen LogP contribution in [0, 0.1) is 6.92 Å². The molecule has 0 radical (unpaired) electrons. The van der Waals surface area contributed by atoms with Crippen molar-refractivity contribution >= 4 is 5.95 Å². The van der Waals surface area contributed by atoms with E-state index in [1.165, 1.54) is 0 Å². The van der Waals surface area contributed by atoms with Crippen molar-refractivity contribution in [3.8, 4) is 0 Å². The van der Waals surface area contributed by atoms with Gasteiger partial charge in [-0.3, -0.25) is 0 Å². The van der Waals surface area contributed by atoms with Crippen LogP contribution in [0.1, 0.15) is 25.3 Å². The standard InChI is InChI=1S/C10H18N4/c1-8-6-13-10(14-7-8)12-5-3-4-9(2)11/h6-7,9H,3-5,11H2,1-2H3,(H,12,13,14). The first-order chi connectivity index (χ1) is 6.68. The second-order valence-electron chi connectivity index (χ2n) is 3.63. The Morgan fingerprint density at radius 3 is 2.64 bits per heavy atom. The number of aromatic nitrogens is 2. The van der Waals surface area contributed by atoms with E-state index in [4.69, 9.17) is 5.73 Å². The zero-order valence-electron chi connectivity index (χ0n) is 8.83. The van der Waals surface area contributed by atoms with Crippen LogP contribution in [0.5, 0.6) is 0 Å². The zero-order valence-corrected chi connectivity index (χ0v) is 8.83. The molecule has 0 saturated heterocycles. The number of nitrogens with two attached hydrogens (primary N) is 1. The highest BCUT2D eigenvalue weighted by Gasteiger charge is 1.96. The van der Waals surface area contributed by atoms with E-state index in [1.54, 1.807) is 12.4 Å². The Balaban J connectivity index is 2.21. The zero-order chi connectivity index (χ0) is 10.4. The molecule has 0 aromatic carbocycles. The van der Waals surface area contributed by atoms with Gasteiger partial charge in [-0.15, -0.1) is 0 Å². The Kier molecular flexibility index (Phi) is 4.32. The van der Waals surface area contributed by atoms with Gasteiger partial charge in [-0.1, -0.05) is 0 Å². The van der Waals surface area contributed by atoms with E-state index in [0.717, 1.165) is 24.9 Å². The van der Waals surface area contributed by atoms with E-state index in [2.05, 4.69) is 15.3 Å². The van der Waals surface area contributed by atoms with Crippen molar-refractivity contribution in [3.63, 3.8) is 0 Å². The summed E-state index contributed by atoms with van der Waals surface area (Å²) in [5, 5.41) is 3.15. The first-order valence-electron chi connectivity index (χ1n) is 4.96. The van der Waals surface area contributed by atoms with Crippen LogP contribution >= 0.6 is 0 Å². The Labute approximate surface area is 85.0 Å². The molecule has 1 atom stereocenters. The fraction of sp³-hybridized carbons (Fsp3) is 0.600. The topological polar surface area (TPSA) is 63.8 Å². The highest BCUT2D eigenvalue weighted by atomic mass is 15.1. The van der Waals surface area contributed by atoms with Gasteiger partial charge in [0.25, 0.3) is 0 Å². The lowest BCUT2D eigenvalue weighted by Crippen LogP contribution is -2.16. The minimum absolute atomic E-state index is 0.274. The SMILES string of the molecule is Cc1cnc(NCCCC(C)N)nc1. The molecule has 78 valence electrons. The maximum absolute atomic E-state index is 5.63. The van der Waals surface area contributed by atoms with Gasteiger partial charge < -0.3 is 11.1 Å². The van der Waals surface area contributed by atoms with Crippen molar-refractivity contribution in [1.29, 1.82) is 0 Å². The van der Waals surface area contributed by atoms with Crippen molar-refractivity contribution in [2.24, 2.45) is 5.73 Å². The number of hydrogen-bond donors (Lipinski definition) is 2. The Bertz CT molecular complexity index is 255. The molecule has 1 rings (SSSR count). The lowest BCUT2D eigenvalue weighted by Gasteiger charge is -2.06. The van der Waals surface area contributed by atoms with Crippen molar-refractivity contribution in [3.05, 3.63) is 18.0 Å². The molecule has 1 heterocycles. The summed E-state index contributed by atoms with van der Waals surface area (Å²) in [6, 6.07) is 0.274. The normalized spacial score (nSPS) is 12.5. The fourth-order valence-corrected chi connectivity index (χ4v) is 1.11. The number of nitrogens with one attached hydrogen (secondary N) is 1. The molecule has 0 fully saturated rings. The van der Waals surface area contributed by atoms with Crippen molar-refractivity contribution in [2.75, 3.05) is 11.9 Å². The van der Waals surface area contributed by atoms with Crippen LogP contribution in [0.4, 0.5) is 5.95 Å². The van der Waals surface area contributed by atoms with Crippen molar-refractivity contribution in [2.45, 2.75) is 32.7 Å². The van der Waals surface area contributed by atoms with E-state index in [-0.39, 0.29) is 6.04 Å². The van der Waals surface area contributed by atoms with Gasteiger partial charge >= 0.3 is 0 Å². The summed E-state index contributed by atoms with van der Waals surface area (Å²) in [7, 11) is 0. The van der Waals surface area contributed by atoms with Gasteiger partial charge in [0, 0.05) is 25.0 Å². The minimum atomic E-state index is 0.274. The Morgan fingerprint density at radius 1 is 1.43 bits per heavy atom. The summed E-state index contributed by atoms with van der Waals surface area (Å²) in [5.41, 5.74) is 6.71. The van der Waals surface area contributed by atoms with Gasteiger partial charge in [0.1, 0.15) is 0 Å². The van der Waals surface area contributed by atoms with Crippen molar-refractivity contribution in [1.82, 2.24) is 9.97 Å². The maximum Gasteiger partial charge on any atom is 0.222 e. The smallest absolute Gasteiger partial charge is 0.222 e. The summed E-state index contributed by atoms with van der Waals surface area (Å²) in [4.78, 5) is 8.28. The number of nitrogens with zero attached hydrogens (tertiary/aromatic N) is 2. The van der Waals surface area contributed by atoms with Gasteiger partial charge in [0.2, 0.25) is 5.95 Å². The predicted octanol–water partition coefficient (Wildman–Crippen LogP) is 1.32. The second-order valence-corrected chi connectivity index (χ2v) is 3.63. The second kappa shape index (κ2) is 5.54. The van der Waals surface area contributed by atoms with E-state index < -0.39 is 0 Å². The van der Waals surface area contributed by atoms with Crippen LogP contribution in [0.15, 0.2) is 12.4 Å². The number of hydrogen-bond acceptors (Lipinski definition) is 4. The van der Waals surface area contributed by atoms with Crippen LogP contribution < -0.4 is 11.1 Å². The molecular formula is C10H18N4. The molecule has 1 unspecified atom stereocenters. The summed E-state index contributed by atoms with van der Waals surface area (Å²) in [6.45, 7) is 4.87. The van der Waals surface area contributed by atoms with Crippen LogP contribution in [-0.2, 0) is 0 Å². The Morgan fingerprint density at radius 2 is 2.07 bits per heavy atom. The third-order valence-electron chi connectivity index (χ3n) is 1.90. The van der Waals surface area contributed by atoms with E-state index in [0.29, 0.717) is 5.95 Å². The van der Waals surface area contributed by atoms with Gasteiger partial charge in [0.05, 0.1) is 0 Å². The maximum atomic E-state index is 5.63. The molecule has 4 nitrogen and oxygen atoms in total. The molecule has 4 heteroatoms. The monoisotopic (exact) mass is 194 g/mol. The van der Waals surface area contributed by atoms with Crippen LogP contribution in [0.25, 0.3) is 0 Å². The van der Waals surface area contributed by atoms with Crippen LogP contribution in [0.3, 0.4) is 0 Å². The van der Waals surface area contributed by atoms with Gasteiger partial charge in [-0.2, -0.15) is 0 Å². The van der Waals surface area contributed by atoms with E-state index in [9.17, 15) is 0 Å². The first-order valence-corrected chi connectivity index (χ1v) is 4.96. The average molecular weight is 194 g/mol. The molecule has 0 aliphatic heterocycles. The van der Waals surface area contributed by atoms with Gasteiger partial charge in [0.15, 0.2) is 0 Å². The number of anilines is 1. The molecule has 0 spiro atoms. The molecule has 0 saturated carbocycles. The Hall–Kier alpha value is -1.16. The van der Waals surface area contributed by atoms with Crippen molar-refractivity contribution < 1.29 is 0 Å². The highest BCUT2D eigenvalue weighted by Crippen LogP contribution is 1.99. The van der Waals surface area contributed by atoms with E-state index in [1.807, 2.05) is 13.8 Å². The summed E-state index contributed by atoms with van der Waals surface area (Å²) >= 11 is 0. The third-order valence-corrected chi connectivity index (χ3v) is 1.90. The molecule has 3 N–H and O–H groups in total. The predicted molar refractivity (Wildman–Crippen MR) is 58.1 cm³/mol. The molecule has 0 amide bonds. The van der Waals surface area contributed by atoms with Gasteiger partial charge in [-0.05, 0) is 32.3 Å². The average Bonchev–Trinajstić information content (AvgIpc) is 2.15. The molecule has 0 aliphatic carbocycles. The van der Waals surface area contributed by atoms with Crippen LogP contribution in [-0.4, -0.2) is 22.6 Å². The largest absolute Gasteiger partial charge is 0.354 e. The third kappa shape index (κ3) is 4.18. The lowest BCUT2D eigenvalue weighted by atomic mass is 10.2. The molecule has 1 aromatic heterocycles. The van der Waals surface area contributed by atoms with Crippen LogP contribution in [0.2, 0.25) is 0 Å². The highest BCUT2D eigenvalue weighted by molar-refractivity contribution is 5.23. The number of aryl methyl sites for hydroxylation is 1. The molecule has 1 aromatic rings. The number of rotatable bonds is 5. The van der Waals surface area contributed by atoms with E-state index >= 15 is 0 Å². The summed E-state index contributed by atoms with van der Waals surface area (Å²) in [5.74, 6) is 0.695. The lowest BCUT2D eigenvalue weighted by molar-refractivity contribution is 0.638. The molecule has 14 heavy (non-hydrogen) atoms. The molecule has 0 aliphatic rings. The fourth-order valence-electron chi connectivity index (χ4n) is 1.11. The minimum Gasteiger partial charge on any atom is -0.354 e. The molecule has 0 bridgehead atoms. The molecular weight excluding hydrogens is 176 g/mol. The quantitative estimate of drug-likeness (QED) is 0.694. The summed E-state index contributed by atoms with van der Waals surface area (Å²) in [6.07, 6.45) is 5.69. The summed E-state index contributed by atoms with van der Waals surface area (Å²) < 4.78 is 0.